The van der Waals surface area contributed by atoms with Crippen LogP contribution in [0.5, 0.6) is 0 Å². The standard InChI is InChI=1S/C12H14F2OS/c1-2-5-16-8-10(15)6-9-3-4-11(13)12(14)7-9/h3-4,7H,2,5-6,8H2,1H3. The van der Waals surface area contributed by atoms with Crippen molar-refractivity contribution in [2.24, 2.45) is 0 Å². The molecule has 0 radical (unpaired) electrons. The number of hydrogen-bond donors (Lipinski definition) is 0. The van der Waals surface area contributed by atoms with Gasteiger partial charge in [0.05, 0.1) is 5.75 Å². The molecule has 0 saturated heterocycles. The molecule has 16 heavy (non-hydrogen) atoms. The average molecular weight is 244 g/mol. The van der Waals surface area contributed by atoms with Gasteiger partial charge in [0.25, 0.3) is 0 Å². The Morgan fingerprint density at radius 3 is 2.69 bits per heavy atom. The van der Waals surface area contributed by atoms with E-state index in [4.69, 9.17) is 0 Å². The van der Waals surface area contributed by atoms with Crippen molar-refractivity contribution in [1.29, 1.82) is 0 Å². The van der Waals surface area contributed by atoms with Crippen LogP contribution in [-0.4, -0.2) is 17.3 Å². The molecule has 1 aromatic carbocycles. The smallest absolute Gasteiger partial charge is 0.159 e. The zero-order chi connectivity index (χ0) is 12.0. The second-order valence-corrected chi connectivity index (χ2v) is 4.62. The number of carbonyl (C=O) groups excluding carboxylic acids is 1. The molecule has 0 aromatic heterocycles. The Hall–Kier alpha value is -0.900. The number of rotatable bonds is 6. The van der Waals surface area contributed by atoms with E-state index in [-0.39, 0.29) is 12.2 Å². The average Bonchev–Trinajstić information content (AvgIpc) is 2.24. The Morgan fingerprint density at radius 2 is 2.06 bits per heavy atom. The van der Waals surface area contributed by atoms with E-state index in [2.05, 4.69) is 0 Å². The molecule has 0 aliphatic heterocycles. The Morgan fingerprint density at radius 1 is 1.31 bits per heavy atom. The van der Waals surface area contributed by atoms with E-state index < -0.39 is 11.6 Å². The van der Waals surface area contributed by atoms with Gasteiger partial charge in [0, 0.05) is 6.42 Å². The lowest BCUT2D eigenvalue weighted by molar-refractivity contribution is -0.116. The molecule has 0 N–H and O–H groups in total. The highest BCUT2D eigenvalue weighted by Gasteiger charge is 2.07. The van der Waals surface area contributed by atoms with Gasteiger partial charge >= 0.3 is 0 Å². The zero-order valence-corrected chi connectivity index (χ0v) is 9.95. The molecular formula is C12H14F2OS. The highest BCUT2D eigenvalue weighted by Crippen LogP contribution is 2.11. The van der Waals surface area contributed by atoms with Crippen LogP contribution in [-0.2, 0) is 11.2 Å². The number of ketones is 1. The number of carbonyl (C=O) groups is 1. The Bertz CT molecular complexity index is 366. The number of thioether (sulfide) groups is 1. The molecule has 0 atom stereocenters. The first-order valence-electron chi connectivity index (χ1n) is 5.17. The maximum atomic E-state index is 12.8. The van der Waals surface area contributed by atoms with Crippen LogP contribution < -0.4 is 0 Å². The number of hydrogen-bond acceptors (Lipinski definition) is 2. The fourth-order valence-electron chi connectivity index (χ4n) is 1.26. The topological polar surface area (TPSA) is 17.1 Å². The molecule has 1 rings (SSSR count). The summed E-state index contributed by atoms with van der Waals surface area (Å²) in [6.45, 7) is 2.05. The van der Waals surface area contributed by atoms with Crippen molar-refractivity contribution in [2.45, 2.75) is 19.8 Å². The van der Waals surface area contributed by atoms with Crippen LogP contribution in [0.2, 0.25) is 0 Å². The fourth-order valence-corrected chi connectivity index (χ4v) is 2.02. The van der Waals surface area contributed by atoms with Crippen LogP contribution in [0.3, 0.4) is 0 Å². The third-order valence-electron chi connectivity index (χ3n) is 2.00. The molecule has 0 amide bonds. The summed E-state index contributed by atoms with van der Waals surface area (Å²) in [6, 6.07) is 3.58. The molecule has 0 aliphatic carbocycles. The monoisotopic (exact) mass is 244 g/mol. The number of benzene rings is 1. The fraction of sp³-hybridized carbons (Fsp3) is 0.417. The lowest BCUT2D eigenvalue weighted by atomic mass is 10.1. The largest absolute Gasteiger partial charge is 0.298 e. The van der Waals surface area contributed by atoms with E-state index in [0.29, 0.717) is 11.3 Å². The van der Waals surface area contributed by atoms with E-state index >= 15 is 0 Å². The quantitative estimate of drug-likeness (QED) is 0.715. The van der Waals surface area contributed by atoms with Crippen LogP contribution in [0.1, 0.15) is 18.9 Å². The maximum absolute atomic E-state index is 12.8. The van der Waals surface area contributed by atoms with Crippen LogP contribution >= 0.6 is 11.8 Å². The van der Waals surface area contributed by atoms with Crippen LogP contribution in [0.25, 0.3) is 0 Å². The first-order chi connectivity index (χ1) is 7.63. The minimum atomic E-state index is -0.897. The van der Waals surface area contributed by atoms with Crippen LogP contribution in [0.15, 0.2) is 18.2 Å². The van der Waals surface area contributed by atoms with Crippen molar-refractivity contribution in [2.75, 3.05) is 11.5 Å². The van der Waals surface area contributed by atoms with Gasteiger partial charge in [0.2, 0.25) is 0 Å². The molecule has 1 aromatic rings. The van der Waals surface area contributed by atoms with Gasteiger partial charge in [-0.05, 0) is 29.9 Å². The molecule has 4 heteroatoms. The first kappa shape index (κ1) is 13.2. The Balaban J connectivity index is 2.46. The summed E-state index contributed by atoms with van der Waals surface area (Å²) in [4.78, 5) is 11.4. The Labute approximate surface area is 98.2 Å². The summed E-state index contributed by atoms with van der Waals surface area (Å²) in [5.41, 5.74) is 0.529. The Kier molecular flexibility index (Phi) is 5.46. The highest BCUT2D eigenvalue weighted by atomic mass is 32.2. The van der Waals surface area contributed by atoms with E-state index in [1.807, 2.05) is 6.92 Å². The van der Waals surface area contributed by atoms with Crippen molar-refractivity contribution >= 4 is 17.5 Å². The third-order valence-corrected chi connectivity index (χ3v) is 3.22. The normalized spacial score (nSPS) is 10.4. The van der Waals surface area contributed by atoms with Gasteiger partial charge in [-0.3, -0.25) is 4.79 Å². The van der Waals surface area contributed by atoms with E-state index in [1.54, 1.807) is 11.8 Å². The van der Waals surface area contributed by atoms with E-state index in [1.165, 1.54) is 6.07 Å². The molecule has 0 bridgehead atoms. The zero-order valence-electron chi connectivity index (χ0n) is 9.13. The molecule has 0 spiro atoms. The molecular weight excluding hydrogens is 230 g/mol. The predicted molar refractivity (Wildman–Crippen MR) is 62.7 cm³/mol. The van der Waals surface area contributed by atoms with Crippen molar-refractivity contribution in [3.8, 4) is 0 Å². The summed E-state index contributed by atoms with van der Waals surface area (Å²) >= 11 is 1.57. The molecule has 0 aliphatic rings. The van der Waals surface area contributed by atoms with Gasteiger partial charge in [0.15, 0.2) is 11.6 Å². The first-order valence-corrected chi connectivity index (χ1v) is 6.32. The summed E-state index contributed by atoms with van der Waals surface area (Å²) < 4.78 is 25.5. The molecule has 0 unspecified atom stereocenters. The van der Waals surface area contributed by atoms with Crippen molar-refractivity contribution in [3.63, 3.8) is 0 Å². The van der Waals surface area contributed by atoms with Crippen LogP contribution in [0, 0.1) is 11.6 Å². The molecule has 0 heterocycles. The number of halogens is 2. The summed E-state index contributed by atoms with van der Waals surface area (Å²) in [5.74, 6) is -0.344. The van der Waals surface area contributed by atoms with Crippen molar-refractivity contribution < 1.29 is 13.6 Å². The van der Waals surface area contributed by atoms with Gasteiger partial charge in [-0.25, -0.2) is 8.78 Å². The molecule has 0 saturated carbocycles. The number of Topliss-reactive ketones (excluding diaryl/α,β-unsaturated/α-hetero) is 1. The van der Waals surface area contributed by atoms with Gasteiger partial charge in [-0.2, -0.15) is 11.8 Å². The SMILES string of the molecule is CCCSCC(=O)Cc1ccc(F)c(F)c1. The van der Waals surface area contributed by atoms with E-state index in [9.17, 15) is 13.6 Å². The predicted octanol–water partition coefficient (Wildman–Crippen LogP) is 3.22. The summed E-state index contributed by atoms with van der Waals surface area (Å²) in [6.07, 6.45) is 1.21. The van der Waals surface area contributed by atoms with Gasteiger partial charge < -0.3 is 0 Å². The second kappa shape index (κ2) is 6.63. The minimum absolute atomic E-state index is 0.0458. The summed E-state index contributed by atoms with van der Waals surface area (Å²) in [5, 5.41) is 0. The lowest BCUT2D eigenvalue weighted by Gasteiger charge is -2.01. The van der Waals surface area contributed by atoms with Crippen molar-refractivity contribution in [1.82, 2.24) is 0 Å². The summed E-state index contributed by atoms with van der Waals surface area (Å²) in [7, 11) is 0. The molecule has 88 valence electrons. The van der Waals surface area contributed by atoms with Crippen LogP contribution in [0.4, 0.5) is 8.78 Å². The highest BCUT2D eigenvalue weighted by molar-refractivity contribution is 7.99. The lowest BCUT2D eigenvalue weighted by Crippen LogP contribution is -2.06. The molecule has 0 fully saturated rings. The maximum Gasteiger partial charge on any atom is 0.159 e. The second-order valence-electron chi connectivity index (χ2n) is 3.52. The van der Waals surface area contributed by atoms with Gasteiger partial charge in [-0.1, -0.05) is 13.0 Å². The van der Waals surface area contributed by atoms with Gasteiger partial charge in [-0.15, -0.1) is 0 Å². The van der Waals surface area contributed by atoms with E-state index in [0.717, 1.165) is 24.3 Å². The third kappa shape index (κ3) is 4.31. The van der Waals surface area contributed by atoms with Gasteiger partial charge in [0.1, 0.15) is 5.78 Å². The minimum Gasteiger partial charge on any atom is -0.298 e. The molecule has 1 nitrogen and oxygen atoms in total. The van der Waals surface area contributed by atoms with Crippen molar-refractivity contribution in [3.05, 3.63) is 35.4 Å².